The molecule has 0 aliphatic heterocycles. The number of carbonyl (C=O) groups excluding carboxylic acids is 2. The van der Waals surface area contributed by atoms with Crippen LogP contribution >= 0.6 is 0 Å². The number of aryl methyl sites for hydroxylation is 2. The third-order valence-corrected chi connectivity index (χ3v) is 6.56. The minimum atomic E-state index is -0.679. The van der Waals surface area contributed by atoms with E-state index in [4.69, 9.17) is 9.47 Å². The number of ether oxygens (including phenoxy) is 2. The topological polar surface area (TPSA) is 97.5 Å². The Hall–Kier alpha value is -4.23. The van der Waals surface area contributed by atoms with Gasteiger partial charge in [-0.15, -0.1) is 0 Å². The number of pyridine rings is 1. The number of aromatic amines is 1. The van der Waals surface area contributed by atoms with E-state index in [1.54, 1.807) is 42.5 Å². The van der Waals surface area contributed by atoms with E-state index in [0.29, 0.717) is 34.0 Å². The fourth-order valence-corrected chi connectivity index (χ4v) is 4.51. The highest BCUT2D eigenvalue weighted by Gasteiger charge is 2.29. The van der Waals surface area contributed by atoms with E-state index in [-0.39, 0.29) is 23.4 Å². The Morgan fingerprint density at radius 2 is 1.41 bits per heavy atom. The number of fused-ring (bicyclic) bond motifs is 1. The molecule has 0 bridgehead atoms. The Morgan fingerprint density at radius 1 is 0.821 bits per heavy atom. The fourth-order valence-electron chi connectivity index (χ4n) is 4.51. The molecule has 0 saturated carbocycles. The molecule has 2 atom stereocenters. The molecule has 7 heteroatoms. The molecule has 0 spiro atoms. The third-order valence-electron chi connectivity index (χ3n) is 6.56. The number of benzene rings is 3. The summed E-state index contributed by atoms with van der Waals surface area (Å²) in [6.07, 6.45) is 0.000388. The van der Waals surface area contributed by atoms with Gasteiger partial charge < -0.3 is 19.8 Å². The fraction of sp³-hybridized carbons (Fsp3) is 0.281. The number of nitrogens with one attached hydrogen (secondary N) is 2. The van der Waals surface area contributed by atoms with Gasteiger partial charge in [0.15, 0.2) is 5.75 Å². The van der Waals surface area contributed by atoms with Crippen LogP contribution in [0, 0.1) is 13.8 Å². The van der Waals surface area contributed by atoms with E-state index in [1.165, 1.54) is 6.07 Å². The summed E-state index contributed by atoms with van der Waals surface area (Å²) in [5.41, 5.74) is 3.62. The van der Waals surface area contributed by atoms with Crippen molar-refractivity contribution in [3.63, 3.8) is 0 Å². The van der Waals surface area contributed by atoms with E-state index in [9.17, 15) is 14.4 Å². The van der Waals surface area contributed by atoms with Gasteiger partial charge in [-0.2, -0.15) is 0 Å². The van der Waals surface area contributed by atoms with Crippen molar-refractivity contribution in [1.29, 1.82) is 0 Å². The van der Waals surface area contributed by atoms with Crippen LogP contribution in [0.15, 0.2) is 77.6 Å². The molecule has 2 N–H and O–H groups in total. The smallest absolute Gasteiger partial charge is 0.343 e. The molecule has 0 saturated heterocycles. The summed E-state index contributed by atoms with van der Waals surface area (Å²) in [6, 6.07) is 20.7. The van der Waals surface area contributed by atoms with Crippen molar-refractivity contribution in [3.05, 3.63) is 111 Å². The minimum Gasteiger partial charge on any atom is -0.452 e. The SMILES string of the molecule is CCC(NC(C)C)C(OC(=O)c1ccc(C)cc1)c1ccc(OC(=O)c2ccc(C)cc2)c2[nH]c(=O)ccc12. The third kappa shape index (κ3) is 6.62. The molecule has 3 aromatic carbocycles. The van der Waals surface area contributed by atoms with Crippen LogP contribution in [0.5, 0.6) is 5.75 Å². The van der Waals surface area contributed by atoms with Crippen molar-refractivity contribution in [2.45, 2.75) is 59.2 Å². The lowest BCUT2D eigenvalue weighted by Crippen LogP contribution is -2.40. The lowest BCUT2D eigenvalue weighted by atomic mass is 9.95. The summed E-state index contributed by atoms with van der Waals surface area (Å²) in [4.78, 5) is 41.3. The Labute approximate surface area is 228 Å². The largest absolute Gasteiger partial charge is 0.452 e. The van der Waals surface area contributed by atoms with Crippen molar-refractivity contribution < 1.29 is 19.1 Å². The number of H-pyrrole nitrogens is 1. The molecule has 4 aromatic rings. The number of carbonyl (C=O) groups is 2. The zero-order chi connectivity index (χ0) is 28.1. The van der Waals surface area contributed by atoms with Crippen LogP contribution < -0.4 is 15.6 Å². The molecule has 0 fully saturated rings. The van der Waals surface area contributed by atoms with E-state index >= 15 is 0 Å². The second kappa shape index (κ2) is 12.1. The van der Waals surface area contributed by atoms with E-state index < -0.39 is 18.0 Å². The van der Waals surface area contributed by atoms with Gasteiger partial charge in [0, 0.05) is 29.1 Å². The van der Waals surface area contributed by atoms with Crippen LogP contribution in [0.4, 0.5) is 0 Å². The van der Waals surface area contributed by atoms with Gasteiger partial charge in [-0.25, -0.2) is 9.59 Å². The molecular formula is C32H34N2O5. The highest BCUT2D eigenvalue weighted by Crippen LogP contribution is 2.35. The van der Waals surface area contributed by atoms with Crippen LogP contribution in [0.1, 0.15) is 70.7 Å². The van der Waals surface area contributed by atoms with Crippen molar-refractivity contribution in [1.82, 2.24) is 10.3 Å². The van der Waals surface area contributed by atoms with Gasteiger partial charge in [-0.05, 0) is 56.7 Å². The van der Waals surface area contributed by atoms with Gasteiger partial charge in [-0.1, -0.05) is 62.2 Å². The molecular weight excluding hydrogens is 492 g/mol. The normalized spacial score (nSPS) is 12.8. The second-order valence-electron chi connectivity index (χ2n) is 10.0. The molecule has 0 aliphatic carbocycles. The highest BCUT2D eigenvalue weighted by molar-refractivity contribution is 5.95. The van der Waals surface area contributed by atoms with Crippen LogP contribution in [-0.2, 0) is 4.74 Å². The second-order valence-corrected chi connectivity index (χ2v) is 10.0. The van der Waals surface area contributed by atoms with Crippen molar-refractivity contribution in [2.24, 2.45) is 0 Å². The molecule has 7 nitrogen and oxygen atoms in total. The molecule has 1 aromatic heterocycles. The monoisotopic (exact) mass is 526 g/mol. The highest BCUT2D eigenvalue weighted by atomic mass is 16.5. The summed E-state index contributed by atoms with van der Waals surface area (Å²) in [5.74, 6) is -0.772. The first-order valence-corrected chi connectivity index (χ1v) is 13.1. The summed E-state index contributed by atoms with van der Waals surface area (Å²) in [7, 11) is 0. The molecule has 0 radical (unpaired) electrons. The van der Waals surface area contributed by atoms with Crippen LogP contribution in [0.2, 0.25) is 0 Å². The maximum Gasteiger partial charge on any atom is 0.343 e. The zero-order valence-corrected chi connectivity index (χ0v) is 22.9. The first-order valence-electron chi connectivity index (χ1n) is 13.1. The van der Waals surface area contributed by atoms with Gasteiger partial charge in [0.05, 0.1) is 16.6 Å². The number of hydrogen-bond donors (Lipinski definition) is 2. The average Bonchev–Trinajstić information content (AvgIpc) is 2.91. The maximum atomic E-state index is 13.3. The predicted octanol–water partition coefficient (Wildman–Crippen LogP) is 6.04. The van der Waals surface area contributed by atoms with Crippen molar-refractivity contribution >= 4 is 22.8 Å². The molecule has 0 amide bonds. The number of esters is 2. The van der Waals surface area contributed by atoms with Crippen molar-refractivity contribution in [3.8, 4) is 5.75 Å². The first-order chi connectivity index (χ1) is 18.7. The minimum absolute atomic E-state index is 0.135. The number of rotatable bonds is 9. The predicted molar refractivity (Wildman–Crippen MR) is 152 cm³/mol. The first kappa shape index (κ1) is 27.8. The Balaban J connectivity index is 1.77. The van der Waals surface area contributed by atoms with E-state index in [1.807, 2.05) is 58.9 Å². The quantitative estimate of drug-likeness (QED) is 0.204. The summed E-state index contributed by atoms with van der Waals surface area (Å²) >= 11 is 0. The molecule has 4 rings (SSSR count). The average molecular weight is 527 g/mol. The number of aromatic nitrogens is 1. The molecule has 202 valence electrons. The van der Waals surface area contributed by atoms with Gasteiger partial charge in [0.2, 0.25) is 5.56 Å². The Morgan fingerprint density at radius 3 is 1.97 bits per heavy atom. The van der Waals surface area contributed by atoms with Gasteiger partial charge >= 0.3 is 11.9 Å². The van der Waals surface area contributed by atoms with Crippen LogP contribution in [0.3, 0.4) is 0 Å². The molecule has 39 heavy (non-hydrogen) atoms. The van der Waals surface area contributed by atoms with E-state index in [0.717, 1.165) is 11.1 Å². The molecule has 1 heterocycles. The Kier molecular flexibility index (Phi) is 8.62. The van der Waals surface area contributed by atoms with Gasteiger partial charge in [0.1, 0.15) is 6.10 Å². The van der Waals surface area contributed by atoms with Crippen LogP contribution in [-0.4, -0.2) is 29.0 Å². The number of hydrogen-bond acceptors (Lipinski definition) is 6. The molecule has 2 unspecified atom stereocenters. The Bertz CT molecular complexity index is 1520. The lowest BCUT2D eigenvalue weighted by molar-refractivity contribution is 0.0184. The molecule has 0 aliphatic rings. The zero-order valence-electron chi connectivity index (χ0n) is 22.9. The van der Waals surface area contributed by atoms with Gasteiger partial charge in [-0.3, -0.25) is 4.79 Å². The van der Waals surface area contributed by atoms with Crippen molar-refractivity contribution in [2.75, 3.05) is 0 Å². The summed E-state index contributed by atoms with van der Waals surface area (Å²) < 4.78 is 11.9. The summed E-state index contributed by atoms with van der Waals surface area (Å²) in [6.45, 7) is 9.98. The van der Waals surface area contributed by atoms with Crippen LogP contribution in [0.25, 0.3) is 10.9 Å². The lowest BCUT2D eigenvalue weighted by Gasteiger charge is -2.30. The standard InChI is InChI=1S/C32H34N2O5/c1-6-26(33-19(2)3)30(39-32(37)23-13-9-21(5)10-14-23)25-15-17-27(29-24(25)16-18-28(35)34-29)38-31(36)22-11-7-20(4)8-12-22/h7-19,26,30,33H,6H2,1-5H3,(H,34,35). The van der Waals surface area contributed by atoms with E-state index in [2.05, 4.69) is 10.3 Å². The summed E-state index contributed by atoms with van der Waals surface area (Å²) in [5, 5.41) is 4.13. The van der Waals surface area contributed by atoms with Gasteiger partial charge in [0.25, 0.3) is 0 Å². The maximum absolute atomic E-state index is 13.3.